The smallest absolute Gasteiger partial charge is 0.229 e. The van der Waals surface area contributed by atoms with Crippen LogP contribution in [-0.4, -0.2) is 23.6 Å². The molecule has 0 unspecified atom stereocenters. The molecular formula is C22H26N4O. The number of aromatic nitrogens is 2. The Bertz CT molecular complexity index is 886. The Kier molecular flexibility index (Phi) is 5.91. The molecule has 3 rings (SSSR count). The van der Waals surface area contributed by atoms with Crippen molar-refractivity contribution in [3.63, 3.8) is 0 Å². The fourth-order valence-corrected chi connectivity index (χ4v) is 3.02. The van der Waals surface area contributed by atoms with E-state index in [0.717, 1.165) is 35.9 Å². The first-order valence-corrected chi connectivity index (χ1v) is 9.09. The predicted octanol–water partition coefficient (Wildman–Crippen LogP) is 4.81. The van der Waals surface area contributed by atoms with Gasteiger partial charge in [0, 0.05) is 24.0 Å². The average Bonchev–Trinajstić information content (AvgIpc) is 2.61. The Morgan fingerprint density at radius 2 is 1.59 bits per heavy atom. The molecule has 5 heteroatoms. The van der Waals surface area contributed by atoms with Crippen molar-refractivity contribution in [2.24, 2.45) is 0 Å². The second-order valence-electron chi connectivity index (χ2n) is 6.74. The molecule has 3 aromatic rings. The van der Waals surface area contributed by atoms with Crippen molar-refractivity contribution in [3.05, 3.63) is 70.9 Å². The molecule has 140 valence electrons. The van der Waals surface area contributed by atoms with Gasteiger partial charge in [0.1, 0.15) is 11.6 Å². The van der Waals surface area contributed by atoms with Gasteiger partial charge in [-0.3, -0.25) is 0 Å². The molecule has 1 aromatic heterocycles. The zero-order valence-corrected chi connectivity index (χ0v) is 16.3. The number of rotatable bonds is 7. The highest BCUT2D eigenvalue weighted by Crippen LogP contribution is 2.19. The lowest BCUT2D eigenvalue weighted by atomic mass is 10.1. The van der Waals surface area contributed by atoms with Gasteiger partial charge in [-0.15, -0.1) is 0 Å². The van der Waals surface area contributed by atoms with Gasteiger partial charge in [-0.1, -0.05) is 18.2 Å². The molecule has 2 N–H and O–H groups in total. The van der Waals surface area contributed by atoms with Gasteiger partial charge in [0.2, 0.25) is 5.95 Å². The molecule has 0 saturated heterocycles. The Morgan fingerprint density at radius 1 is 0.889 bits per heavy atom. The van der Waals surface area contributed by atoms with Crippen molar-refractivity contribution in [2.45, 2.75) is 27.2 Å². The summed E-state index contributed by atoms with van der Waals surface area (Å²) in [5, 5.41) is 6.70. The fraction of sp³-hybridized carbons (Fsp3) is 0.273. The summed E-state index contributed by atoms with van der Waals surface area (Å²) in [5.41, 5.74) is 5.60. The van der Waals surface area contributed by atoms with E-state index in [-0.39, 0.29) is 0 Å². The highest BCUT2D eigenvalue weighted by Gasteiger charge is 2.04. The Morgan fingerprint density at radius 3 is 2.26 bits per heavy atom. The third-order valence-corrected chi connectivity index (χ3v) is 4.21. The molecule has 0 saturated carbocycles. The van der Waals surface area contributed by atoms with Crippen LogP contribution in [0.4, 0.5) is 17.5 Å². The average molecular weight is 362 g/mol. The second-order valence-corrected chi connectivity index (χ2v) is 6.74. The van der Waals surface area contributed by atoms with Gasteiger partial charge in [0.15, 0.2) is 0 Å². The third-order valence-electron chi connectivity index (χ3n) is 4.21. The molecule has 0 atom stereocenters. The van der Waals surface area contributed by atoms with E-state index in [1.54, 1.807) is 7.11 Å². The van der Waals surface area contributed by atoms with E-state index >= 15 is 0 Å². The van der Waals surface area contributed by atoms with Crippen LogP contribution in [-0.2, 0) is 6.42 Å². The van der Waals surface area contributed by atoms with Crippen molar-refractivity contribution in [1.29, 1.82) is 0 Å². The first kappa shape index (κ1) is 18.7. The number of hydrogen-bond donors (Lipinski definition) is 2. The van der Waals surface area contributed by atoms with Crippen LogP contribution in [0.5, 0.6) is 5.75 Å². The predicted molar refractivity (Wildman–Crippen MR) is 111 cm³/mol. The number of aryl methyl sites for hydroxylation is 3. The SMILES string of the molecule is COc1ccc(CCNc2cc(C)nc(Nc3cc(C)cc(C)c3)n2)cc1. The number of nitrogens with one attached hydrogen (secondary N) is 2. The normalized spacial score (nSPS) is 10.5. The summed E-state index contributed by atoms with van der Waals surface area (Å²) in [7, 11) is 1.68. The summed E-state index contributed by atoms with van der Waals surface area (Å²) in [4.78, 5) is 9.09. The van der Waals surface area contributed by atoms with E-state index in [2.05, 4.69) is 64.8 Å². The van der Waals surface area contributed by atoms with Gasteiger partial charge in [-0.25, -0.2) is 4.98 Å². The lowest BCUT2D eigenvalue weighted by Crippen LogP contribution is -2.08. The van der Waals surface area contributed by atoms with Crippen LogP contribution in [0.2, 0.25) is 0 Å². The van der Waals surface area contributed by atoms with Gasteiger partial charge in [0.25, 0.3) is 0 Å². The van der Waals surface area contributed by atoms with Gasteiger partial charge >= 0.3 is 0 Å². The maximum absolute atomic E-state index is 5.19. The highest BCUT2D eigenvalue weighted by molar-refractivity contribution is 5.57. The van der Waals surface area contributed by atoms with Crippen LogP contribution in [0.3, 0.4) is 0 Å². The summed E-state index contributed by atoms with van der Waals surface area (Å²) >= 11 is 0. The highest BCUT2D eigenvalue weighted by atomic mass is 16.5. The zero-order valence-electron chi connectivity index (χ0n) is 16.3. The van der Waals surface area contributed by atoms with E-state index in [9.17, 15) is 0 Å². The molecule has 0 bridgehead atoms. The van der Waals surface area contributed by atoms with Gasteiger partial charge in [0.05, 0.1) is 7.11 Å². The minimum absolute atomic E-state index is 0.604. The van der Waals surface area contributed by atoms with Crippen LogP contribution < -0.4 is 15.4 Å². The maximum atomic E-state index is 5.19. The molecule has 0 aliphatic rings. The van der Waals surface area contributed by atoms with Crippen LogP contribution in [0, 0.1) is 20.8 Å². The van der Waals surface area contributed by atoms with Crippen LogP contribution in [0.1, 0.15) is 22.4 Å². The summed E-state index contributed by atoms with van der Waals surface area (Å²) in [6, 6.07) is 16.4. The summed E-state index contributed by atoms with van der Waals surface area (Å²) in [6.45, 7) is 6.94. The number of nitrogens with zero attached hydrogens (tertiary/aromatic N) is 2. The standard InChI is InChI=1S/C22H26N4O/c1-15-11-16(2)13-19(12-15)25-22-24-17(3)14-21(26-22)23-10-9-18-5-7-20(27-4)8-6-18/h5-8,11-14H,9-10H2,1-4H3,(H2,23,24,25,26). The largest absolute Gasteiger partial charge is 0.497 e. The van der Waals surface area contributed by atoms with E-state index < -0.39 is 0 Å². The first-order valence-electron chi connectivity index (χ1n) is 9.09. The second kappa shape index (κ2) is 8.54. The topological polar surface area (TPSA) is 59.1 Å². The number of benzene rings is 2. The van der Waals surface area contributed by atoms with E-state index in [1.165, 1.54) is 16.7 Å². The molecule has 27 heavy (non-hydrogen) atoms. The third kappa shape index (κ3) is 5.45. The number of ether oxygens (including phenoxy) is 1. The van der Waals surface area contributed by atoms with Crippen LogP contribution in [0.15, 0.2) is 48.5 Å². The molecule has 0 aliphatic heterocycles. The monoisotopic (exact) mass is 362 g/mol. The molecule has 0 aliphatic carbocycles. The van der Waals surface area contributed by atoms with Crippen molar-refractivity contribution >= 4 is 17.5 Å². The van der Waals surface area contributed by atoms with Crippen molar-refractivity contribution in [2.75, 3.05) is 24.3 Å². The number of methoxy groups -OCH3 is 1. The van der Waals surface area contributed by atoms with Crippen molar-refractivity contribution < 1.29 is 4.74 Å². The fourth-order valence-electron chi connectivity index (χ4n) is 3.02. The molecule has 0 fully saturated rings. The van der Waals surface area contributed by atoms with E-state index in [0.29, 0.717) is 5.95 Å². The Labute approximate surface area is 160 Å². The quantitative estimate of drug-likeness (QED) is 0.632. The van der Waals surface area contributed by atoms with Crippen LogP contribution in [0.25, 0.3) is 0 Å². The molecular weight excluding hydrogens is 336 g/mol. The molecule has 0 radical (unpaired) electrons. The minimum Gasteiger partial charge on any atom is -0.497 e. The van der Waals surface area contributed by atoms with Gasteiger partial charge in [-0.2, -0.15) is 4.98 Å². The van der Waals surface area contributed by atoms with Gasteiger partial charge < -0.3 is 15.4 Å². The summed E-state index contributed by atoms with van der Waals surface area (Å²) in [5.74, 6) is 2.30. The van der Waals surface area contributed by atoms with Crippen LogP contribution >= 0.6 is 0 Å². The minimum atomic E-state index is 0.604. The molecule has 0 amide bonds. The number of anilines is 3. The lowest BCUT2D eigenvalue weighted by Gasteiger charge is -2.11. The van der Waals surface area contributed by atoms with E-state index in [1.807, 2.05) is 25.1 Å². The summed E-state index contributed by atoms with van der Waals surface area (Å²) in [6.07, 6.45) is 0.910. The van der Waals surface area contributed by atoms with E-state index in [4.69, 9.17) is 4.74 Å². The molecule has 1 heterocycles. The summed E-state index contributed by atoms with van der Waals surface area (Å²) < 4.78 is 5.19. The molecule has 5 nitrogen and oxygen atoms in total. The van der Waals surface area contributed by atoms with Crippen molar-refractivity contribution in [1.82, 2.24) is 9.97 Å². The first-order chi connectivity index (χ1) is 13.0. The zero-order chi connectivity index (χ0) is 19.2. The van der Waals surface area contributed by atoms with Crippen molar-refractivity contribution in [3.8, 4) is 5.75 Å². The Balaban J connectivity index is 1.63. The maximum Gasteiger partial charge on any atom is 0.229 e. The molecule has 2 aromatic carbocycles. The Hall–Kier alpha value is -3.08. The number of hydrogen-bond acceptors (Lipinski definition) is 5. The van der Waals surface area contributed by atoms with Gasteiger partial charge in [-0.05, 0) is 68.1 Å². The molecule has 0 spiro atoms. The lowest BCUT2D eigenvalue weighted by molar-refractivity contribution is 0.414.